The topological polar surface area (TPSA) is 12.5 Å². The number of alkyl halides is 3. The van der Waals surface area contributed by atoms with Gasteiger partial charge < -0.3 is 4.74 Å². The molecule has 0 unspecified atom stereocenters. The van der Waals surface area contributed by atoms with Crippen LogP contribution in [0.4, 0.5) is 13.2 Å². The highest BCUT2D eigenvalue weighted by atomic mass is 32.1. The Morgan fingerprint density at radius 1 is 0.921 bits per heavy atom. The van der Waals surface area contributed by atoms with Crippen LogP contribution >= 0.6 is 11.3 Å². The number of rotatable bonds is 7. The van der Waals surface area contributed by atoms with Gasteiger partial charge in [-0.2, -0.15) is 13.2 Å². The highest BCUT2D eigenvalue weighted by Crippen LogP contribution is 2.47. The second-order valence-electron chi connectivity index (χ2n) is 11.3. The van der Waals surface area contributed by atoms with Gasteiger partial charge in [0.15, 0.2) is 0 Å². The lowest BCUT2D eigenvalue weighted by molar-refractivity contribution is -0.247. The molecule has 2 nitrogen and oxygen atoms in total. The first-order valence-electron chi connectivity index (χ1n) is 13.5. The molecule has 1 saturated heterocycles. The van der Waals surface area contributed by atoms with Crippen LogP contribution in [0, 0.1) is 11.5 Å². The maximum atomic E-state index is 14.4. The molecular weight excluding hydrogens is 519 g/mol. The molecule has 0 amide bonds. The van der Waals surface area contributed by atoms with Crippen LogP contribution in [-0.4, -0.2) is 31.5 Å². The van der Waals surface area contributed by atoms with Crippen molar-refractivity contribution in [1.82, 2.24) is 4.90 Å². The molecule has 1 aromatic heterocycles. The van der Waals surface area contributed by atoms with Crippen molar-refractivity contribution in [2.24, 2.45) is 0 Å². The SMILES string of the molecule is CC(C)[Si](C#CC[C@H]1O[C@H](C(F)(F)F)N(Cc2ccccc2)[C@@H]1c1cc2ccccc2s1)(C(C)C)C(C)C. The maximum absolute atomic E-state index is 14.4. The highest BCUT2D eigenvalue weighted by Gasteiger charge is 2.55. The van der Waals surface area contributed by atoms with E-state index in [0.717, 1.165) is 20.5 Å². The van der Waals surface area contributed by atoms with E-state index in [9.17, 15) is 13.2 Å². The van der Waals surface area contributed by atoms with Crippen LogP contribution in [0.2, 0.25) is 16.6 Å². The Kier molecular flexibility index (Phi) is 8.78. The number of ether oxygens (including phenoxy) is 1. The summed E-state index contributed by atoms with van der Waals surface area (Å²) in [6.45, 7) is 13.6. The van der Waals surface area contributed by atoms with Crippen molar-refractivity contribution in [2.75, 3.05) is 0 Å². The third kappa shape index (κ3) is 5.74. The molecule has 1 fully saturated rings. The molecule has 1 aliphatic rings. The number of halogens is 3. The van der Waals surface area contributed by atoms with E-state index in [2.05, 4.69) is 53.0 Å². The van der Waals surface area contributed by atoms with Gasteiger partial charge in [0.05, 0.1) is 12.1 Å². The molecule has 0 saturated carbocycles. The van der Waals surface area contributed by atoms with Crippen LogP contribution in [0.3, 0.4) is 0 Å². The first-order chi connectivity index (χ1) is 17.9. The lowest BCUT2D eigenvalue weighted by Crippen LogP contribution is -2.43. The molecule has 1 aliphatic heterocycles. The van der Waals surface area contributed by atoms with Crippen molar-refractivity contribution in [3.05, 3.63) is 71.1 Å². The lowest BCUT2D eigenvalue weighted by atomic mass is 10.0. The summed E-state index contributed by atoms with van der Waals surface area (Å²) in [5, 5.41) is 1.04. The average Bonchev–Trinajstić information content (AvgIpc) is 3.42. The van der Waals surface area contributed by atoms with E-state index in [-0.39, 0.29) is 13.0 Å². The van der Waals surface area contributed by atoms with Crippen LogP contribution in [0.15, 0.2) is 60.7 Å². The second kappa shape index (κ2) is 11.6. The number of hydrogen-bond donors (Lipinski definition) is 0. The van der Waals surface area contributed by atoms with E-state index in [1.165, 1.54) is 4.90 Å². The van der Waals surface area contributed by atoms with Crippen LogP contribution in [0.25, 0.3) is 10.1 Å². The minimum Gasteiger partial charge on any atom is -0.348 e. The van der Waals surface area contributed by atoms with Gasteiger partial charge in [0, 0.05) is 22.5 Å². The number of hydrogen-bond acceptors (Lipinski definition) is 3. The Balaban J connectivity index is 1.77. The van der Waals surface area contributed by atoms with Crippen molar-refractivity contribution >= 4 is 29.5 Å². The van der Waals surface area contributed by atoms with Gasteiger partial charge in [0.1, 0.15) is 8.07 Å². The van der Waals surface area contributed by atoms with Crippen molar-refractivity contribution in [2.45, 2.75) is 95.7 Å². The summed E-state index contributed by atoms with van der Waals surface area (Å²) in [6.07, 6.45) is -6.90. The molecule has 2 heterocycles. The van der Waals surface area contributed by atoms with Gasteiger partial charge in [-0.05, 0) is 39.7 Å². The second-order valence-corrected chi connectivity index (χ2v) is 18.0. The van der Waals surface area contributed by atoms with Crippen molar-refractivity contribution in [3.63, 3.8) is 0 Å². The predicted octanol–water partition coefficient (Wildman–Crippen LogP) is 9.34. The van der Waals surface area contributed by atoms with Gasteiger partial charge in [-0.25, -0.2) is 0 Å². The molecule has 3 aromatic rings. The Morgan fingerprint density at radius 3 is 2.11 bits per heavy atom. The normalized spacial score (nSPS) is 21.0. The Labute approximate surface area is 230 Å². The predicted molar refractivity (Wildman–Crippen MR) is 155 cm³/mol. The van der Waals surface area contributed by atoms with Gasteiger partial charge in [-0.1, -0.05) is 90.1 Å². The third-order valence-electron chi connectivity index (χ3n) is 8.01. The molecule has 0 bridgehead atoms. The summed E-state index contributed by atoms with van der Waals surface area (Å²) in [5.41, 5.74) is 5.88. The van der Waals surface area contributed by atoms with E-state index < -0.39 is 32.6 Å². The van der Waals surface area contributed by atoms with E-state index in [1.807, 2.05) is 60.7 Å². The fraction of sp³-hybridized carbons (Fsp3) is 0.484. The van der Waals surface area contributed by atoms with Crippen LogP contribution in [-0.2, 0) is 11.3 Å². The third-order valence-corrected chi connectivity index (χ3v) is 15.5. The number of fused-ring (bicyclic) bond motifs is 1. The Hall–Kier alpha value is -2.11. The molecule has 0 aliphatic carbocycles. The zero-order valence-electron chi connectivity index (χ0n) is 23.0. The van der Waals surface area contributed by atoms with Gasteiger partial charge in [0.2, 0.25) is 6.23 Å². The first-order valence-corrected chi connectivity index (χ1v) is 16.5. The van der Waals surface area contributed by atoms with E-state index >= 15 is 0 Å². The minimum absolute atomic E-state index is 0.149. The molecule has 0 N–H and O–H groups in total. The Morgan fingerprint density at radius 2 is 1.53 bits per heavy atom. The lowest BCUT2D eigenvalue weighted by Gasteiger charge is -2.38. The van der Waals surface area contributed by atoms with Gasteiger partial charge >= 0.3 is 6.18 Å². The van der Waals surface area contributed by atoms with Crippen LogP contribution < -0.4 is 0 Å². The molecule has 2 aromatic carbocycles. The zero-order valence-corrected chi connectivity index (χ0v) is 24.9. The summed E-state index contributed by atoms with van der Waals surface area (Å²) in [5.74, 6) is 3.40. The quantitative estimate of drug-likeness (QED) is 0.212. The summed E-state index contributed by atoms with van der Waals surface area (Å²) < 4.78 is 50.2. The molecule has 3 atom stereocenters. The van der Waals surface area contributed by atoms with E-state index in [1.54, 1.807) is 11.3 Å². The standard InChI is InChI=1S/C31H38F3NOSSi/c1-21(2)38(22(3)4,23(5)6)18-12-16-26-29(28-19-25-15-10-11-17-27(25)37-28)35(30(36-26)31(32,33)34)20-24-13-8-7-9-14-24/h7-11,13-15,17,19,21-23,26,29-30H,16,20H2,1-6H3/t26-,29+,30-/m1/s1. The average molecular weight is 558 g/mol. The van der Waals surface area contributed by atoms with Gasteiger partial charge in [-0.3, -0.25) is 4.90 Å². The number of thiophene rings is 1. The van der Waals surface area contributed by atoms with Crippen molar-refractivity contribution in [1.29, 1.82) is 0 Å². The number of nitrogens with zero attached hydrogens (tertiary/aromatic N) is 1. The molecular formula is C31H38F3NOSSi. The summed E-state index contributed by atoms with van der Waals surface area (Å²) >= 11 is 1.55. The Bertz CT molecular complexity index is 1220. The largest absolute Gasteiger partial charge is 0.428 e. The summed E-state index contributed by atoms with van der Waals surface area (Å²) in [6, 6.07) is 18.8. The maximum Gasteiger partial charge on any atom is 0.428 e. The monoisotopic (exact) mass is 557 g/mol. The van der Waals surface area contributed by atoms with Gasteiger partial charge in [-0.15, -0.1) is 22.8 Å². The van der Waals surface area contributed by atoms with Crippen LogP contribution in [0.5, 0.6) is 0 Å². The summed E-state index contributed by atoms with van der Waals surface area (Å²) in [7, 11) is -2.01. The smallest absolute Gasteiger partial charge is 0.348 e. The van der Waals surface area contributed by atoms with E-state index in [0.29, 0.717) is 16.6 Å². The van der Waals surface area contributed by atoms with E-state index in [4.69, 9.17) is 4.74 Å². The van der Waals surface area contributed by atoms with Crippen molar-refractivity contribution in [3.8, 4) is 11.5 Å². The van der Waals surface area contributed by atoms with Gasteiger partial charge in [0.25, 0.3) is 0 Å². The fourth-order valence-electron chi connectivity index (χ4n) is 6.31. The highest BCUT2D eigenvalue weighted by molar-refractivity contribution is 7.19. The van der Waals surface area contributed by atoms with Crippen molar-refractivity contribution < 1.29 is 17.9 Å². The summed E-state index contributed by atoms with van der Waals surface area (Å²) in [4.78, 5) is 2.38. The van der Waals surface area contributed by atoms with Crippen LogP contribution in [0.1, 0.15) is 64.4 Å². The molecule has 0 radical (unpaired) electrons. The molecule has 7 heteroatoms. The molecule has 4 rings (SSSR count). The molecule has 38 heavy (non-hydrogen) atoms. The number of benzene rings is 2. The zero-order chi connectivity index (χ0) is 27.7. The minimum atomic E-state index is -4.52. The molecule has 0 spiro atoms. The first kappa shape index (κ1) is 28.9. The molecule has 204 valence electrons. The fourth-order valence-corrected chi connectivity index (χ4v) is 12.8.